The first-order chi connectivity index (χ1) is 7.86. The number of sulfonamides is 1. The van der Waals surface area contributed by atoms with Crippen molar-refractivity contribution in [3.05, 3.63) is 29.8 Å². The standard InChI is InChI=1S/C12H19NO2SSe/c1-9(2)12(8-17)13-16(14,15)11-6-4-10(3)5-7-11/h4-7,9,12-13,17H,8H2,1-3H3/t12-/m1/s1. The fraction of sp³-hybridized carbons (Fsp3) is 0.500. The molecule has 0 heterocycles. The number of benzene rings is 1. The third kappa shape index (κ3) is 4.11. The third-order valence-corrected chi connectivity index (χ3v) is 4.97. The molecule has 0 radical (unpaired) electrons. The van der Waals surface area contributed by atoms with Crippen molar-refractivity contribution in [1.82, 2.24) is 4.72 Å². The van der Waals surface area contributed by atoms with Gasteiger partial charge in [-0.25, -0.2) is 0 Å². The van der Waals surface area contributed by atoms with Gasteiger partial charge in [-0.1, -0.05) is 0 Å². The van der Waals surface area contributed by atoms with Crippen molar-refractivity contribution in [3.63, 3.8) is 0 Å². The van der Waals surface area contributed by atoms with Crippen LogP contribution >= 0.6 is 0 Å². The first-order valence-electron chi connectivity index (χ1n) is 5.56. The monoisotopic (exact) mass is 321 g/mol. The molecule has 1 N–H and O–H groups in total. The van der Waals surface area contributed by atoms with Gasteiger partial charge in [-0.15, -0.1) is 0 Å². The van der Waals surface area contributed by atoms with Crippen LogP contribution in [0.25, 0.3) is 0 Å². The molecule has 0 amide bonds. The van der Waals surface area contributed by atoms with E-state index in [-0.39, 0.29) is 12.0 Å². The van der Waals surface area contributed by atoms with Gasteiger partial charge in [-0.05, 0) is 0 Å². The van der Waals surface area contributed by atoms with E-state index >= 15 is 0 Å². The molecule has 0 aliphatic heterocycles. The van der Waals surface area contributed by atoms with Crippen molar-refractivity contribution >= 4 is 26.0 Å². The van der Waals surface area contributed by atoms with Crippen LogP contribution in [-0.2, 0) is 10.0 Å². The summed E-state index contributed by atoms with van der Waals surface area (Å²) in [6.07, 6.45) is 0. The van der Waals surface area contributed by atoms with E-state index in [9.17, 15) is 8.42 Å². The zero-order chi connectivity index (χ0) is 13.1. The molecule has 1 aromatic rings. The van der Waals surface area contributed by atoms with Crippen molar-refractivity contribution < 1.29 is 8.42 Å². The second kappa shape index (κ2) is 6.00. The van der Waals surface area contributed by atoms with Gasteiger partial charge in [0, 0.05) is 0 Å². The Hall–Kier alpha value is -0.351. The van der Waals surface area contributed by atoms with Gasteiger partial charge >= 0.3 is 112 Å². The first-order valence-corrected chi connectivity index (χ1v) is 8.37. The number of hydrogen-bond acceptors (Lipinski definition) is 2. The van der Waals surface area contributed by atoms with Crippen LogP contribution in [0.3, 0.4) is 0 Å². The maximum absolute atomic E-state index is 12.1. The fourth-order valence-corrected chi connectivity index (χ4v) is 4.10. The van der Waals surface area contributed by atoms with Crippen LogP contribution in [0.4, 0.5) is 0 Å². The molecule has 0 aromatic heterocycles. The normalized spacial score (nSPS) is 13.9. The van der Waals surface area contributed by atoms with Gasteiger partial charge in [0.2, 0.25) is 0 Å². The summed E-state index contributed by atoms with van der Waals surface area (Å²) in [5, 5.41) is 0.732. The predicted molar refractivity (Wildman–Crippen MR) is 72.1 cm³/mol. The second-order valence-electron chi connectivity index (χ2n) is 4.47. The van der Waals surface area contributed by atoms with Crippen LogP contribution in [0.15, 0.2) is 29.2 Å². The van der Waals surface area contributed by atoms with Crippen LogP contribution in [0.2, 0.25) is 5.32 Å². The van der Waals surface area contributed by atoms with E-state index in [0.717, 1.165) is 10.9 Å². The molecular weight excluding hydrogens is 301 g/mol. The summed E-state index contributed by atoms with van der Waals surface area (Å²) in [4.78, 5) is 0.328. The SMILES string of the molecule is Cc1ccc(S(=O)(=O)N[C@H](C[SeH])C(C)C)cc1. The van der Waals surface area contributed by atoms with E-state index in [1.54, 1.807) is 24.3 Å². The molecule has 17 heavy (non-hydrogen) atoms. The summed E-state index contributed by atoms with van der Waals surface area (Å²) >= 11 is 2.43. The summed E-state index contributed by atoms with van der Waals surface area (Å²) in [7, 11) is -3.39. The van der Waals surface area contributed by atoms with E-state index < -0.39 is 10.0 Å². The average molecular weight is 320 g/mol. The Balaban J connectivity index is 2.92. The Morgan fingerprint density at radius 1 is 1.24 bits per heavy atom. The van der Waals surface area contributed by atoms with E-state index in [1.807, 2.05) is 20.8 Å². The first kappa shape index (κ1) is 14.7. The minimum atomic E-state index is -3.39. The summed E-state index contributed by atoms with van der Waals surface area (Å²) in [5.74, 6) is 0.276. The third-order valence-electron chi connectivity index (χ3n) is 2.64. The van der Waals surface area contributed by atoms with Crippen LogP contribution in [-0.4, -0.2) is 30.5 Å². The maximum atomic E-state index is 12.1. The molecule has 0 saturated carbocycles. The molecule has 0 fully saturated rings. The molecule has 1 rings (SSSR count). The molecule has 1 aromatic carbocycles. The minimum absolute atomic E-state index is 0.0405. The number of hydrogen-bond donors (Lipinski definition) is 1. The quantitative estimate of drug-likeness (QED) is 0.838. The van der Waals surface area contributed by atoms with Crippen molar-refractivity contribution in [2.75, 3.05) is 0 Å². The predicted octanol–water partition coefficient (Wildman–Crippen LogP) is 1.62. The van der Waals surface area contributed by atoms with Crippen molar-refractivity contribution in [2.45, 2.75) is 37.0 Å². The average Bonchev–Trinajstić information content (AvgIpc) is 2.26. The van der Waals surface area contributed by atoms with Gasteiger partial charge in [0.1, 0.15) is 0 Å². The van der Waals surface area contributed by atoms with Crippen molar-refractivity contribution in [3.8, 4) is 0 Å². The Morgan fingerprint density at radius 2 is 1.76 bits per heavy atom. The molecule has 0 aliphatic rings. The number of rotatable bonds is 5. The Bertz CT molecular complexity index is 454. The molecule has 96 valence electrons. The molecule has 3 nitrogen and oxygen atoms in total. The Morgan fingerprint density at radius 3 is 2.18 bits per heavy atom. The van der Waals surface area contributed by atoms with Gasteiger partial charge in [0.25, 0.3) is 0 Å². The van der Waals surface area contributed by atoms with E-state index in [4.69, 9.17) is 0 Å². The molecule has 0 aliphatic carbocycles. The molecule has 0 saturated heterocycles. The van der Waals surface area contributed by atoms with Crippen LogP contribution in [0.1, 0.15) is 19.4 Å². The second-order valence-corrected chi connectivity index (χ2v) is 6.95. The van der Waals surface area contributed by atoms with Gasteiger partial charge in [0.05, 0.1) is 0 Å². The molecule has 0 unspecified atom stereocenters. The zero-order valence-electron chi connectivity index (χ0n) is 10.3. The zero-order valence-corrected chi connectivity index (χ0v) is 13.0. The Kier molecular flexibility index (Phi) is 5.20. The summed E-state index contributed by atoms with van der Waals surface area (Å²) in [6.45, 7) is 5.95. The van der Waals surface area contributed by atoms with Gasteiger partial charge in [0.15, 0.2) is 0 Å². The van der Waals surface area contributed by atoms with E-state index in [2.05, 4.69) is 20.7 Å². The Labute approximate surface area is 112 Å². The van der Waals surface area contributed by atoms with E-state index in [1.165, 1.54) is 0 Å². The van der Waals surface area contributed by atoms with E-state index in [0.29, 0.717) is 4.90 Å². The van der Waals surface area contributed by atoms with Crippen LogP contribution < -0.4 is 4.72 Å². The molecular formula is C12H19NO2SSe. The fourth-order valence-electron chi connectivity index (χ4n) is 1.37. The summed E-state index contributed by atoms with van der Waals surface area (Å²) < 4.78 is 26.9. The molecule has 0 spiro atoms. The van der Waals surface area contributed by atoms with Gasteiger partial charge in [-0.3, -0.25) is 0 Å². The number of aryl methyl sites for hydroxylation is 1. The van der Waals surface area contributed by atoms with Crippen LogP contribution in [0.5, 0.6) is 0 Å². The summed E-state index contributed by atoms with van der Waals surface area (Å²) in [5.41, 5.74) is 1.05. The topological polar surface area (TPSA) is 46.2 Å². The summed E-state index contributed by atoms with van der Waals surface area (Å²) in [6, 6.07) is 6.85. The van der Waals surface area contributed by atoms with Crippen molar-refractivity contribution in [1.29, 1.82) is 0 Å². The molecule has 5 heteroatoms. The molecule has 0 bridgehead atoms. The molecule has 1 atom stereocenters. The van der Waals surface area contributed by atoms with Gasteiger partial charge in [-0.2, -0.15) is 0 Å². The van der Waals surface area contributed by atoms with Crippen LogP contribution in [0, 0.1) is 12.8 Å². The van der Waals surface area contributed by atoms with Crippen molar-refractivity contribution in [2.24, 2.45) is 5.92 Å². The van der Waals surface area contributed by atoms with Gasteiger partial charge < -0.3 is 0 Å². The number of nitrogens with one attached hydrogen (secondary N) is 1.